The molecule has 2 aromatic rings. The number of amidine groups is 1. The van der Waals surface area contributed by atoms with Crippen molar-refractivity contribution in [2.75, 3.05) is 19.8 Å². The molecule has 2 aromatic carbocycles. The van der Waals surface area contributed by atoms with Crippen LogP contribution >= 0.6 is 23.4 Å². The van der Waals surface area contributed by atoms with Crippen molar-refractivity contribution in [3.8, 4) is 0 Å². The van der Waals surface area contributed by atoms with E-state index in [1.807, 2.05) is 52.8 Å². The van der Waals surface area contributed by atoms with E-state index in [1.165, 1.54) is 11.8 Å². The molecular formula is C28H28ClN3O4S. The normalized spacial score (nSPS) is 20.9. The lowest BCUT2D eigenvalue weighted by Crippen LogP contribution is -2.38. The number of amides is 1. The van der Waals surface area contributed by atoms with E-state index in [-0.39, 0.29) is 25.0 Å². The third-order valence-electron chi connectivity index (χ3n) is 6.43. The van der Waals surface area contributed by atoms with Crippen LogP contribution in [0.2, 0.25) is 5.02 Å². The van der Waals surface area contributed by atoms with Crippen molar-refractivity contribution < 1.29 is 19.1 Å². The molecule has 9 heteroatoms. The highest BCUT2D eigenvalue weighted by Gasteiger charge is 2.42. The third kappa shape index (κ3) is 5.61. The van der Waals surface area contributed by atoms with Crippen LogP contribution < -0.4 is 5.32 Å². The van der Waals surface area contributed by atoms with Gasteiger partial charge in [-0.1, -0.05) is 65.8 Å². The second-order valence-electron chi connectivity index (χ2n) is 8.91. The molecule has 0 radical (unpaired) electrons. The maximum absolute atomic E-state index is 13.5. The first-order chi connectivity index (χ1) is 18.0. The first-order valence-electron chi connectivity index (χ1n) is 12.4. The minimum atomic E-state index is -0.536. The second kappa shape index (κ2) is 11.5. The van der Waals surface area contributed by atoms with Crippen LogP contribution in [0.15, 0.2) is 76.3 Å². The number of ether oxygens (including phenoxy) is 2. The summed E-state index contributed by atoms with van der Waals surface area (Å²) >= 11 is 7.65. The van der Waals surface area contributed by atoms with Gasteiger partial charge in [-0.05, 0) is 42.9 Å². The quantitative estimate of drug-likeness (QED) is 0.460. The molecule has 1 amide bonds. The van der Waals surface area contributed by atoms with Gasteiger partial charge in [0.25, 0.3) is 0 Å². The molecule has 7 nitrogen and oxygen atoms in total. The Morgan fingerprint density at radius 1 is 1.19 bits per heavy atom. The van der Waals surface area contributed by atoms with Gasteiger partial charge in [-0.2, -0.15) is 0 Å². The smallest absolute Gasteiger partial charge is 0.338 e. The number of rotatable bonds is 8. The summed E-state index contributed by atoms with van der Waals surface area (Å²) in [7, 11) is 0. The van der Waals surface area contributed by atoms with E-state index in [1.54, 1.807) is 19.1 Å². The van der Waals surface area contributed by atoms with Gasteiger partial charge in [0.2, 0.25) is 5.91 Å². The Morgan fingerprint density at radius 2 is 1.97 bits per heavy atom. The SMILES string of the molecule is CCOC(=O)C1=C(c2ccccc2)N=C2SC=C(CC(=O)NCC3CCCO3)N2C1c1ccc(Cl)cc1. The van der Waals surface area contributed by atoms with Crippen LogP contribution in [-0.4, -0.2) is 47.8 Å². The molecule has 1 fully saturated rings. The molecule has 0 spiro atoms. The number of nitrogens with one attached hydrogen (secondary N) is 1. The van der Waals surface area contributed by atoms with E-state index < -0.39 is 12.0 Å². The van der Waals surface area contributed by atoms with Crippen LogP contribution in [0.5, 0.6) is 0 Å². The van der Waals surface area contributed by atoms with Crippen LogP contribution in [0.1, 0.15) is 43.4 Å². The molecule has 0 aromatic heterocycles. The van der Waals surface area contributed by atoms with Gasteiger partial charge < -0.3 is 19.7 Å². The fraction of sp³-hybridized carbons (Fsp3) is 0.321. The molecular weight excluding hydrogens is 510 g/mol. The molecule has 2 atom stereocenters. The van der Waals surface area contributed by atoms with Gasteiger partial charge in [-0.15, -0.1) is 0 Å². The summed E-state index contributed by atoms with van der Waals surface area (Å²) < 4.78 is 11.2. The van der Waals surface area contributed by atoms with Crippen LogP contribution in [-0.2, 0) is 19.1 Å². The number of carbonyl (C=O) groups excluding carboxylic acids is 2. The summed E-state index contributed by atoms with van der Waals surface area (Å²) in [4.78, 5) is 33.3. The lowest BCUT2D eigenvalue weighted by atomic mass is 9.91. The lowest BCUT2D eigenvalue weighted by molar-refractivity contribution is -0.139. The summed E-state index contributed by atoms with van der Waals surface area (Å²) in [5, 5.41) is 6.23. The van der Waals surface area contributed by atoms with Crippen molar-refractivity contribution in [2.24, 2.45) is 4.99 Å². The highest BCUT2D eigenvalue weighted by molar-refractivity contribution is 8.16. The van der Waals surface area contributed by atoms with E-state index in [9.17, 15) is 9.59 Å². The zero-order valence-electron chi connectivity index (χ0n) is 20.5. The topological polar surface area (TPSA) is 80.2 Å². The Kier molecular flexibility index (Phi) is 7.98. The number of thioether (sulfide) groups is 1. The number of benzene rings is 2. The van der Waals surface area contributed by atoms with Crippen LogP contribution in [0, 0.1) is 0 Å². The molecule has 3 aliphatic heterocycles. The van der Waals surface area contributed by atoms with Gasteiger partial charge in [0.15, 0.2) is 5.17 Å². The second-order valence-corrected chi connectivity index (χ2v) is 10.2. The number of carbonyl (C=O) groups is 2. The highest BCUT2D eigenvalue weighted by atomic mass is 35.5. The summed E-state index contributed by atoms with van der Waals surface area (Å²) in [5.74, 6) is -0.544. The number of hydrogen-bond acceptors (Lipinski definition) is 7. The van der Waals surface area contributed by atoms with Crippen molar-refractivity contribution in [1.29, 1.82) is 0 Å². The van der Waals surface area contributed by atoms with Gasteiger partial charge in [0.1, 0.15) is 0 Å². The van der Waals surface area contributed by atoms with Crippen molar-refractivity contribution in [3.05, 3.63) is 87.4 Å². The molecule has 0 bridgehead atoms. The number of nitrogens with zero attached hydrogens (tertiary/aromatic N) is 2. The minimum Gasteiger partial charge on any atom is -0.463 e. The van der Waals surface area contributed by atoms with E-state index >= 15 is 0 Å². The van der Waals surface area contributed by atoms with Crippen LogP contribution in [0.25, 0.3) is 5.70 Å². The zero-order valence-corrected chi connectivity index (χ0v) is 22.1. The largest absolute Gasteiger partial charge is 0.463 e. The van der Waals surface area contributed by atoms with E-state index in [4.69, 9.17) is 26.1 Å². The van der Waals surface area contributed by atoms with E-state index in [0.717, 1.165) is 36.3 Å². The molecule has 1 saturated heterocycles. The van der Waals surface area contributed by atoms with Crippen molar-refractivity contribution in [1.82, 2.24) is 10.2 Å². The molecule has 3 heterocycles. The van der Waals surface area contributed by atoms with Crippen molar-refractivity contribution in [3.63, 3.8) is 0 Å². The Labute approximate surface area is 225 Å². The number of esters is 1. The molecule has 37 heavy (non-hydrogen) atoms. The third-order valence-corrected chi connectivity index (χ3v) is 7.57. The highest BCUT2D eigenvalue weighted by Crippen LogP contribution is 2.47. The van der Waals surface area contributed by atoms with Crippen LogP contribution in [0.4, 0.5) is 0 Å². The first kappa shape index (κ1) is 25.6. The monoisotopic (exact) mass is 537 g/mol. The minimum absolute atomic E-state index is 0.0663. The van der Waals surface area contributed by atoms with Crippen molar-refractivity contribution in [2.45, 2.75) is 38.3 Å². The predicted octanol–water partition coefficient (Wildman–Crippen LogP) is 5.30. The summed E-state index contributed by atoms with van der Waals surface area (Å²) in [6, 6.07) is 16.5. The summed E-state index contributed by atoms with van der Waals surface area (Å²) in [5.41, 5.74) is 3.42. The van der Waals surface area contributed by atoms with Gasteiger partial charge in [-0.25, -0.2) is 9.79 Å². The van der Waals surface area contributed by atoms with E-state index in [2.05, 4.69) is 5.32 Å². The van der Waals surface area contributed by atoms with Gasteiger partial charge in [0, 0.05) is 29.4 Å². The van der Waals surface area contributed by atoms with Crippen LogP contribution in [0.3, 0.4) is 0 Å². The standard InChI is InChI=1S/C28H28ClN3O4S/c1-2-35-27(34)24-25(18-7-4-3-5-8-18)31-28-32(26(24)19-10-12-20(29)13-11-19)21(17-37-28)15-23(33)30-16-22-9-6-14-36-22/h3-5,7-8,10-13,17,22,26H,2,6,9,14-16H2,1H3,(H,30,33). The fourth-order valence-electron chi connectivity index (χ4n) is 4.71. The Balaban J connectivity index is 1.52. The van der Waals surface area contributed by atoms with Gasteiger partial charge >= 0.3 is 5.97 Å². The average Bonchev–Trinajstić information content (AvgIpc) is 3.58. The summed E-state index contributed by atoms with van der Waals surface area (Å²) in [6.07, 6.45) is 2.19. The number of hydrogen-bond donors (Lipinski definition) is 1. The van der Waals surface area contributed by atoms with Gasteiger partial charge in [-0.3, -0.25) is 4.79 Å². The molecule has 0 aliphatic carbocycles. The Hall–Kier alpha value is -3.07. The molecule has 5 rings (SSSR count). The molecule has 192 valence electrons. The predicted molar refractivity (Wildman–Crippen MR) is 146 cm³/mol. The maximum atomic E-state index is 13.5. The molecule has 2 unspecified atom stereocenters. The van der Waals surface area contributed by atoms with E-state index in [0.29, 0.717) is 28.0 Å². The fourth-order valence-corrected chi connectivity index (χ4v) is 5.75. The number of aliphatic imine (C=N–C) groups is 1. The average molecular weight is 538 g/mol. The number of fused-ring (bicyclic) bond motifs is 1. The maximum Gasteiger partial charge on any atom is 0.338 e. The zero-order chi connectivity index (χ0) is 25.8. The Bertz CT molecular complexity index is 1250. The molecule has 3 aliphatic rings. The molecule has 0 saturated carbocycles. The Morgan fingerprint density at radius 3 is 2.68 bits per heavy atom. The summed E-state index contributed by atoms with van der Waals surface area (Å²) in [6.45, 7) is 3.25. The van der Waals surface area contributed by atoms with Crippen molar-refractivity contribution >= 4 is 46.1 Å². The first-order valence-corrected chi connectivity index (χ1v) is 13.6. The lowest BCUT2D eigenvalue weighted by Gasteiger charge is -2.36. The molecule has 1 N–H and O–H groups in total. The van der Waals surface area contributed by atoms with Gasteiger partial charge in [0.05, 0.1) is 36.4 Å². The number of halogens is 1.